The van der Waals surface area contributed by atoms with Crippen molar-refractivity contribution in [3.05, 3.63) is 73.3 Å². The number of aromatic nitrogens is 8. The van der Waals surface area contributed by atoms with Gasteiger partial charge in [0.05, 0.1) is 35.3 Å². The summed E-state index contributed by atoms with van der Waals surface area (Å²) in [6.45, 7) is 1.98. The lowest BCUT2D eigenvalue weighted by atomic mass is 10.1. The number of benzene rings is 1. The van der Waals surface area contributed by atoms with Gasteiger partial charge in [0.2, 0.25) is 0 Å². The van der Waals surface area contributed by atoms with E-state index in [1.807, 2.05) is 36.1 Å². The molecule has 5 heterocycles. The van der Waals surface area contributed by atoms with E-state index in [2.05, 4.69) is 53.3 Å². The molecule has 0 aliphatic carbocycles. The maximum atomic E-state index is 4.53. The summed E-state index contributed by atoms with van der Waals surface area (Å²) in [5.74, 6) is 0. The highest BCUT2D eigenvalue weighted by Gasteiger charge is 2.15. The van der Waals surface area contributed by atoms with E-state index in [1.165, 1.54) is 0 Å². The lowest BCUT2D eigenvalue weighted by Gasteiger charge is -2.03. The molecule has 0 fully saturated rings. The maximum absolute atomic E-state index is 4.53. The summed E-state index contributed by atoms with van der Waals surface area (Å²) in [7, 11) is 0. The van der Waals surface area contributed by atoms with Gasteiger partial charge >= 0.3 is 0 Å². The van der Waals surface area contributed by atoms with Crippen LogP contribution in [-0.2, 0) is 0 Å². The molecule has 30 heavy (non-hydrogen) atoms. The molecule has 1 aromatic carbocycles. The van der Waals surface area contributed by atoms with Crippen LogP contribution in [0.1, 0.15) is 5.69 Å². The molecule has 6 rings (SSSR count). The zero-order chi connectivity index (χ0) is 20.1. The van der Waals surface area contributed by atoms with Crippen molar-refractivity contribution in [1.82, 2.24) is 39.7 Å². The quantitative estimate of drug-likeness (QED) is 0.473. The first kappa shape index (κ1) is 16.6. The van der Waals surface area contributed by atoms with Gasteiger partial charge in [-0.15, -0.1) is 0 Å². The van der Waals surface area contributed by atoms with E-state index in [4.69, 9.17) is 0 Å². The molecule has 0 saturated carbocycles. The summed E-state index contributed by atoms with van der Waals surface area (Å²) >= 11 is 0. The summed E-state index contributed by atoms with van der Waals surface area (Å²) < 4.78 is 2.03. The molecule has 0 aliphatic heterocycles. The molecule has 2 N–H and O–H groups in total. The summed E-state index contributed by atoms with van der Waals surface area (Å²) in [4.78, 5) is 20.9. The molecule has 0 bridgehead atoms. The van der Waals surface area contributed by atoms with E-state index in [-0.39, 0.29) is 0 Å². The molecule has 8 nitrogen and oxygen atoms in total. The summed E-state index contributed by atoms with van der Waals surface area (Å²) in [5.41, 5.74) is 7.19. The third kappa shape index (κ3) is 2.58. The molecular formula is C22H16N8. The zero-order valence-corrected chi connectivity index (χ0v) is 16.0. The van der Waals surface area contributed by atoms with Crippen molar-refractivity contribution in [3.8, 4) is 28.3 Å². The van der Waals surface area contributed by atoms with Crippen molar-refractivity contribution in [2.75, 3.05) is 0 Å². The Morgan fingerprint density at radius 2 is 1.93 bits per heavy atom. The van der Waals surface area contributed by atoms with Crippen LogP contribution in [-0.4, -0.2) is 39.7 Å². The highest BCUT2D eigenvalue weighted by molar-refractivity contribution is 5.98. The topological polar surface area (TPSA) is 101 Å². The maximum Gasteiger partial charge on any atom is 0.155 e. The highest BCUT2D eigenvalue weighted by Crippen LogP contribution is 2.32. The molecule has 5 aromatic heterocycles. The minimum Gasteiger partial charge on any atom is -0.353 e. The summed E-state index contributed by atoms with van der Waals surface area (Å²) in [6.07, 6.45) is 10.7. The molecule has 0 radical (unpaired) electrons. The third-order valence-electron chi connectivity index (χ3n) is 5.16. The standard InChI is InChI=1S/C22H16N8/c1-13-11-30(12-26-13)20-4-2-3-17-15(20)8-18(27-17)21-16-7-14(9-25-22(16)29-28-21)19-10-23-5-6-24-19/h2-12,27H,1H3,(H,25,28,29). The zero-order valence-electron chi connectivity index (χ0n) is 16.0. The molecule has 6 aromatic rings. The van der Waals surface area contributed by atoms with Crippen LogP contribution in [0, 0.1) is 6.92 Å². The number of aryl methyl sites for hydroxylation is 1. The second kappa shape index (κ2) is 6.35. The van der Waals surface area contributed by atoms with E-state index in [0.29, 0.717) is 0 Å². The van der Waals surface area contributed by atoms with Gasteiger partial charge in [0.1, 0.15) is 5.69 Å². The highest BCUT2D eigenvalue weighted by atomic mass is 15.2. The van der Waals surface area contributed by atoms with Crippen molar-refractivity contribution in [2.24, 2.45) is 0 Å². The van der Waals surface area contributed by atoms with Crippen molar-refractivity contribution in [1.29, 1.82) is 0 Å². The average Bonchev–Trinajstić information content (AvgIpc) is 3.51. The fourth-order valence-corrected chi connectivity index (χ4v) is 3.74. The Morgan fingerprint density at radius 1 is 0.967 bits per heavy atom. The first-order valence-electron chi connectivity index (χ1n) is 9.50. The molecular weight excluding hydrogens is 376 g/mol. The Bertz CT molecular complexity index is 1510. The molecule has 0 amide bonds. The Labute approximate surface area is 170 Å². The van der Waals surface area contributed by atoms with Crippen molar-refractivity contribution >= 4 is 21.9 Å². The summed E-state index contributed by atoms with van der Waals surface area (Å²) in [5, 5.41) is 9.57. The Balaban J connectivity index is 1.52. The molecule has 0 unspecified atom stereocenters. The number of nitrogens with zero attached hydrogens (tertiary/aromatic N) is 6. The van der Waals surface area contributed by atoms with Crippen LogP contribution >= 0.6 is 0 Å². The number of hydrogen-bond acceptors (Lipinski definition) is 5. The molecule has 0 saturated heterocycles. The Hall–Kier alpha value is -4.33. The number of rotatable bonds is 3. The number of H-pyrrole nitrogens is 2. The first-order chi connectivity index (χ1) is 14.8. The number of nitrogens with one attached hydrogen (secondary N) is 2. The number of pyridine rings is 1. The predicted octanol–water partition coefficient (Wildman–Crippen LogP) is 4.06. The van der Waals surface area contributed by atoms with E-state index in [0.717, 1.165) is 56.0 Å². The monoisotopic (exact) mass is 392 g/mol. The van der Waals surface area contributed by atoms with Gasteiger partial charge < -0.3 is 9.55 Å². The smallest absolute Gasteiger partial charge is 0.155 e. The average molecular weight is 392 g/mol. The number of aromatic amines is 2. The number of fused-ring (bicyclic) bond motifs is 2. The van der Waals surface area contributed by atoms with Crippen LogP contribution in [0.3, 0.4) is 0 Å². The molecule has 144 valence electrons. The van der Waals surface area contributed by atoms with Crippen LogP contribution in [0.25, 0.3) is 50.3 Å². The van der Waals surface area contributed by atoms with Gasteiger partial charge in [0.15, 0.2) is 5.65 Å². The minimum atomic E-state index is 0.724. The largest absolute Gasteiger partial charge is 0.353 e. The number of hydrogen-bond donors (Lipinski definition) is 2. The normalized spacial score (nSPS) is 11.5. The minimum absolute atomic E-state index is 0.724. The van der Waals surface area contributed by atoms with Crippen LogP contribution < -0.4 is 0 Å². The molecule has 0 atom stereocenters. The van der Waals surface area contributed by atoms with Crippen molar-refractivity contribution < 1.29 is 0 Å². The second-order valence-electron chi connectivity index (χ2n) is 7.13. The SMILES string of the molecule is Cc1cn(-c2cccc3[nH]c(-c4n[nH]c5ncc(-c6cnccn6)cc45)cc23)cn1. The van der Waals surface area contributed by atoms with Crippen LogP contribution in [0.5, 0.6) is 0 Å². The van der Waals surface area contributed by atoms with Gasteiger partial charge in [-0.3, -0.25) is 15.1 Å². The Kier molecular flexibility index (Phi) is 3.51. The fraction of sp³-hybridized carbons (Fsp3) is 0.0455. The van der Waals surface area contributed by atoms with E-state index in [9.17, 15) is 0 Å². The lowest BCUT2D eigenvalue weighted by Crippen LogP contribution is -1.89. The molecule has 8 heteroatoms. The Morgan fingerprint density at radius 3 is 2.77 bits per heavy atom. The molecule has 0 spiro atoms. The van der Waals surface area contributed by atoms with Crippen molar-refractivity contribution in [3.63, 3.8) is 0 Å². The van der Waals surface area contributed by atoms with Gasteiger partial charge in [0.25, 0.3) is 0 Å². The van der Waals surface area contributed by atoms with Gasteiger partial charge in [-0.05, 0) is 31.2 Å². The number of imidazole rings is 1. The third-order valence-corrected chi connectivity index (χ3v) is 5.16. The molecule has 0 aliphatic rings. The van der Waals surface area contributed by atoms with Gasteiger partial charge in [-0.1, -0.05) is 6.07 Å². The van der Waals surface area contributed by atoms with Crippen LogP contribution in [0.4, 0.5) is 0 Å². The van der Waals surface area contributed by atoms with E-state index >= 15 is 0 Å². The summed E-state index contributed by atoms with van der Waals surface area (Å²) in [6, 6.07) is 10.3. The van der Waals surface area contributed by atoms with Gasteiger partial charge in [-0.25, -0.2) is 9.97 Å². The lowest BCUT2D eigenvalue weighted by molar-refractivity contribution is 1.07. The van der Waals surface area contributed by atoms with Gasteiger partial charge in [-0.2, -0.15) is 5.10 Å². The van der Waals surface area contributed by atoms with Gasteiger partial charge in [0, 0.05) is 46.6 Å². The predicted molar refractivity (Wildman–Crippen MR) is 114 cm³/mol. The van der Waals surface area contributed by atoms with E-state index < -0.39 is 0 Å². The fourth-order valence-electron chi connectivity index (χ4n) is 3.74. The van der Waals surface area contributed by atoms with Crippen LogP contribution in [0.15, 0.2) is 67.6 Å². The first-order valence-corrected chi connectivity index (χ1v) is 9.50. The van der Waals surface area contributed by atoms with Crippen LogP contribution in [0.2, 0.25) is 0 Å². The van der Waals surface area contributed by atoms with E-state index in [1.54, 1.807) is 24.8 Å². The second-order valence-corrected chi connectivity index (χ2v) is 7.13. The van der Waals surface area contributed by atoms with Crippen molar-refractivity contribution in [2.45, 2.75) is 6.92 Å².